The van der Waals surface area contributed by atoms with E-state index in [1.165, 1.54) is 28.8 Å². The van der Waals surface area contributed by atoms with Crippen LogP contribution in [0.25, 0.3) is 10.9 Å². The molecule has 0 bridgehead atoms. The molecule has 0 aliphatic carbocycles. The third kappa shape index (κ3) is 5.12. The Morgan fingerprint density at radius 1 is 1.14 bits per heavy atom. The molecule has 1 aliphatic rings. The Kier molecular flexibility index (Phi) is 6.39. The summed E-state index contributed by atoms with van der Waals surface area (Å²) in [6.07, 6.45) is 0. The number of benzene rings is 2. The minimum Gasteiger partial charge on any atom is -0.370 e. The smallest absolute Gasteiger partial charge is 0.252 e. The molecule has 0 unspecified atom stereocenters. The van der Waals surface area contributed by atoms with E-state index in [4.69, 9.17) is 4.74 Å². The van der Waals surface area contributed by atoms with Crippen LogP contribution in [-0.4, -0.2) is 50.3 Å². The number of para-hydroxylation sites is 1. The lowest BCUT2D eigenvalue weighted by molar-refractivity contribution is -0.906. The van der Waals surface area contributed by atoms with Gasteiger partial charge in [-0.25, -0.2) is 9.37 Å². The lowest BCUT2D eigenvalue weighted by atomic mass is 10.1. The number of ether oxygens (including phenoxy) is 1. The number of rotatable bonds is 6. The molecule has 5 nitrogen and oxygen atoms in total. The van der Waals surface area contributed by atoms with Gasteiger partial charge in [0.1, 0.15) is 23.9 Å². The summed E-state index contributed by atoms with van der Waals surface area (Å²) in [5.74, 6) is -0.375. The van der Waals surface area contributed by atoms with E-state index in [0.29, 0.717) is 17.1 Å². The first-order valence-corrected chi connectivity index (χ1v) is 10.5. The van der Waals surface area contributed by atoms with Gasteiger partial charge < -0.3 is 15.0 Å². The maximum atomic E-state index is 13.2. The number of fused-ring (bicyclic) bond motifs is 1. The number of halogens is 1. The highest BCUT2D eigenvalue weighted by Gasteiger charge is 2.16. The number of quaternary nitrogens is 1. The Morgan fingerprint density at radius 3 is 2.69 bits per heavy atom. The molecule has 0 spiro atoms. The standard InChI is InChI=1S/C22H22FN3O2S/c23-16-5-7-17(8-6-16)29-21-15-19(18-3-1-2-4-20(18)25-21)22(27)24-9-10-26-11-13-28-14-12-26/h1-8,15H,9-14H2,(H,24,27)/p+1. The first-order chi connectivity index (χ1) is 14.2. The minimum atomic E-state index is -0.275. The Morgan fingerprint density at radius 2 is 1.90 bits per heavy atom. The first kappa shape index (κ1) is 19.8. The molecule has 29 heavy (non-hydrogen) atoms. The fraction of sp³-hybridized carbons (Fsp3) is 0.273. The summed E-state index contributed by atoms with van der Waals surface area (Å²) in [5.41, 5.74) is 1.38. The molecular weight excluding hydrogens is 389 g/mol. The largest absolute Gasteiger partial charge is 0.370 e. The molecule has 0 atom stereocenters. The molecule has 0 radical (unpaired) electrons. The normalized spacial score (nSPS) is 14.8. The van der Waals surface area contributed by atoms with Crippen LogP contribution in [0, 0.1) is 5.82 Å². The zero-order valence-electron chi connectivity index (χ0n) is 16.0. The van der Waals surface area contributed by atoms with Crippen molar-refractivity contribution in [3.8, 4) is 0 Å². The number of hydrogen-bond acceptors (Lipinski definition) is 4. The summed E-state index contributed by atoms with van der Waals surface area (Å²) < 4.78 is 18.5. The van der Waals surface area contributed by atoms with E-state index in [1.54, 1.807) is 12.1 Å². The van der Waals surface area contributed by atoms with E-state index in [0.717, 1.165) is 48.6 Å². The molecule has 0 saturated carbocycles. The van der Waals surface area contributed by atoms with Gasteiger partial charge in [0.05, 0.1) is 37.4 Å². The van der Waals surface area contributed by atoms with E-state index in [9.17, 15) is 9.18 Å². The van der Waals surface area contributed by atoms with Gasteiger partial charge in [-0.2, -0.15) is 0 Å². The van der Waals surface area contributed by atoms with Gasteiger partial charge in [-0.1, -0.05) is 30.0 Å². The second-order valence-electron chi connectivity index (χ2n) is 6.95. The van der Waals surface area contributed by atoms with Crippen molar-refractivity contribution in [1.29, 1.82) is 0 Å². The topological polar surface area (TPSA) is 55.7 Å². The number of carbonyl (C=O) groups excluding carboxylic acids is 1. The molecule has 3 aromatic rings. The lowest BCUT2D eigenvalue weighted by Crippen LogP contribution is -3.14. The van der Waals surface area contributed by atoms with Crippen molar-refractivity contribution < 1.29 is 18.8 Å². The van der Waals surface area contributed by atoms with Crippen LogP contribution in [0.1, 0.15) is 10.4 Å². The zero-order valence-corrected chi connectivity index (χ0v) is 16.8. The summed E-state index contributed by atoms with van der Waals surface area (Å²) in [5, 5.41) is 4.58. The number of carbonyl (C=O) groups is 1. The van der Waals surface area contributed by atoms with E-state index < -0.39 is 0 Å². The number of pyridine rings is 1. The van der Waals surface area contributed by atoms with Crippen molar-refractivity contribution in [2.75, 3.05) is 39.4 Å². The van der Waals surface area contributed by atoms with Crippen LogP contribution in [0.3, 0.4) is 0 Å². The molecule has 2 aromatic carbocycles. The first-order valence-electron chi connectivity index (χ1n) is 9.72. The third-order valence-corrected chi connectivity index (χ3v) is 5.86. The van der Waals surface area contributed by atoms with Crippen molar-refractivity contribution in [3.63, 3.8) is 0 Å². The quantitative estimate of drug-likeness (QED) is 0.652. The van der Waals surface area contributed by atoms with Gasteiger partial charge >= 0.3 is 0 Å². The van der Waals surface area contributed by atoms with Crippen molar-refractivity contribution in [2.45, 2.75) is 9.92 Å². The Bertz CT molecular complexity index is 991. The van der Waals surface area contributed by atoms with E-state index in [-0.39, 0.29) is 11.7 Å². The van der Waals surface area contributed by atoms with Gasteiger partial charge in [-0.3, -0.25) is 4.79 Å². The fourth-order valence-corrected chi connectivity index (χ4v) is 4.21. The van der Waals surface area contributed by atoms with Gasteiger partial charge in [0, 0.05) is 10.3 Å². The molecule has 4 rings (SSSR count). The van der Waals surface area contributed by atoms with Crippen LogP contribution in [0.15, 0.2) is 64.5 Å². The number of morpholine rings is 1. The number of amides is 1. The van der Waals surface area contributed by atoms with Crippen LogP contribution >= 0.6 is 11.8 Å². The van der Waals surface area contributed by atoms with Crippen LogP contribution in [0.2, 0.25) is 0 Å². The lowest BCUT2D eigenvalue weighted by Gasteiger charge is -2.23. The van der Waals surface area contributed by atoms with Crippen LogP contribution < -0.4 is 10.2 Å². The molecule has 2 N–H and O–H groups in total. The maximum absolute atomic E-state index is 13.2. The molecule has 1 aliphatic heterocycles. The number of hydrogen-bond donors (Lipinski definition) is 2. The van der Waals surface area contributed by atoms with E-state index >= 15 is 0 Å². The Labute approximate surface area is 173 Å². The van der Waals surface area contributed by atoms with E-state index in [2.05, 4.69) is 10.3 Å². The van der Waals surface area contributed by atoms with Gasteiger partial charge in [0.2, 0.25) is 0 Å². The van der Waals surface area contributed by atoms with Gasteiger partial charge in [0.25, 0.3) is 5.91 Å². The molecule has 1 fully saturated rings. The SMILES string of the molecule is O=C(NCC[NH+]1CCOCC1)c1cc(Sc2ccc(F)cc2)nc2ccccc12. The molecule has 1 aromatic heterocycles. The highest BCUT2D eigenvalue weighted by atomic mass is 32.2. The molecule has 2 heterocycles. The monoisotopic (exact) mass is 412 g/mol. The summed E-state index contributed by atoms with van der Waals surface area (Å²) in [6, 6.07) is 15.7. The highest BCUT2D eigenvalue weighted by molar-refractivity contribution is 7.99. The number of aromatic nitrogens is 1. The van der Waals surface area contributed by atoms with Gasteiger partial charge in [-0.05, 0) is 36.4 Å². The van der Waals surface area contributed by atoms with Gasteiger partial charge in [0.15, 0.2) is 0 Å². The number of nitrogens with zero attached hydrogens (tertiary/aromatic N) is 1. The zero-order chi connectivity index (χ0) is 20.1. The Balaban J connectivity index is 1.51. The second-order valence-corrected chi connectivity index (χ2v) is 8.04. The highest BCUT2D eigenvalue weighted by Crippen LogP contribution is 2.29. The summed E-state index contributed by atoms with van der Waals surface area (Å²) in [7, 11) is 0. The van der Waals surface area contributed by atoms with Gasteiger partial charge in [-0.15, -0.1) is 0 Å². The van der Waals surface area contributed by atoms with Crippen LogP contribution in [0.5, 0.6) is 0 Å². The predicted molar refractivity (Wildman–Crippen MR) is 111 cm³/mol. The number of nitrogens with one attached hydrogen (secondary N) is 2. The van der Waals surface area contributed by atoms with Crippen molar-refractivity contribution >= 4 is 28.6 Å². The molecule has 1 amide bonds. The van der Waals surface area contributed by atoms with Crippen molar-refractivity contribution in [3.05, 3.63) is 66.0 Å². The average Bonchev–Trinajstić information content (AvgIpc) is 2.75. The van der Waals surface area contributed by atoms with Crippen molar-refractivity contribution in [1.82, 2.24) is 10.3 Å². The average molecular weight is 413 g/mol. The van der Waals surface area contributed by atoms with E-state index in [1.807, 2.05) is 30.3 Å². The molecule has 7 heteroatoms. The maximum Gasteiger partial charge on any atom is 0.252 e. The van der Waals surface area contributed by atoms with Crippen LogP contribution in [-0.2, 0) is 4.74 Å². The third-order valence-electron chi connectivity index (χ3n) is 4.94. The minimum absolute atomic E-state index is 0.0998. The summed E-state index contributed by atoms with van der Waals surface area (Å²) >= 11 is 1.41. The Hall–Kier alpha value is -2.48. The molecular formula is C22H23FN3O2S+. The molecule has 150 valence electrons. The van der Waals surface area contributed by atoms with Crippen LogP contribution in [0.4, 0.5) is 4.39 Å². The fourth-order valence-electron chi connectivity index (χ4n) is 3.37. The second kappa shape index (κ2) is 9.35. The van der Waals surface area contributed by atoms with Crippen molar-refractivity contribution in [2.24, 2.45) is 0 Å². The summed E-state index contributed by atoms with van der Waals surface area (Å²) in [6.45, 7) is 5.02. The molecule has 1 saturated heterocycles. The summed E-state index contributed by atoms with van der Waals surface area (Å²) in [4.78, 5) is 19.9. The predicted octanol–water partition coefficient (Wildman–Crippen LogP) is 2.17.